The van der Waals surface area contributed by atoms with E-state index in [9.17, 15) is 35.2 Å². The van der Waals surface area contributed by atoms with Gasteiger partial charge < -0.3 is 25.0 Å². The lowest BCUT2D eigenvalue weighted by atomic mass is 10.1. The number of rotatable bonds is 9. The highest BCUT2D eigenvalue weighted by Crippen LogP contribution is 2.38. The van der Waals surface area contributed by atoms with Crippen LogP contribution in [0.5, 0.6) is 11.6 Å². The maximum atomic E-state index is 12.7. The van der Waals surface area contributed by atoms with Crippen molar-refractivity contribution in [3.05, 3.63) is 39.4 Å². The summed E-state index contributed by atoms with van der Waals surface area (Å²) in [5.74, 6) is -3.66. The predicted molar refractivity (Wildman–Crippen MR) is 119 cm³/mol. The molecule has 14 heteroatoms. The third kappa shape index (κ3) is 6.53. The van der Waals surface area contributed by atoms with Crippen molar-refractivity contribution in [2.24, 2.45) is 0 Å². The van der Waals surface area contributed by atoms with E-state index >= 15 is 0 Å². The van der Waals surface area contributed by atoms with Crippen LogP contribution in [0.15, 0.2) is 23.4 Å². The first-order chi connectivity index (χ1) is 15.9. The Bertz CT molecular complexity index is 1160. The average Bonchev–Trinajstić information content (AvgIpc) is 2.75. The van der Waals surface area contributed by atoms with E-state index in [1.54, 1.807) is 27.0 Å². The number of nitrogens with one attached hydrogen (secondary N) is 1. The molecular weight excluding hydrogens is 470 g/mol. The van der Waals surface area contributed by atoms with Crippen molar-refractivity contribution in [1.82, 2.24) is 9.97 Å². The summed E-state index contributed by atoms with van der Waals surface area (Å²) >= 11 is 0.979. The van der Waals surface area contributed by atoms with E-state index in [1.165, 1.54) is 18.2 Å². The zero-order chi connectivity index (χ0) is 25.6. The van der Waals surface area contributed by atoms with Crippen LogP contribution in [0.25, 0.3) is 0 Å². The van der Waals surface area contributed by atoms with Crippen molar-refractivity contribution in [3.8, 4) is 17.7 Å². The van der Waals surface area contributed by atoms with Gasteiger partial charge in [0.2, 0.25) is 5.82 Å². The Balaban J connectivity index is 2.67. The van der Waals surface area contributed by atoms with Crippen LogP contribution in [0.2, 0.25) is 0 Å². The number of hydrogen-bond donors (Lipinski definition) is 3. The number of hydrogen-bond acceptors (Lipinski definition) is 12. The minimum absolute atomic E-state index is 0.0274. The van der Waals surface area contributed by atoms with Gasteiger partial charge in [-0.15, -0.1) is 0 Å². The quantitative estimate of drug-likeness (QED) is 0.152. The predicted octanol–water partition coefficient (Wildman–Crippen LogP) is 2.58. The van der Waals surface area contributed by atoms with Gasteiger partial charge >= 0.3 is 23.5 Å². The number of aromatic nitrogens is 2. The van der Waals surface area contributed by atoms with Gasteiger partial charge in [0, 0.05) is 0 Å². The van der Waals surface area contributed by atoms with E-state index < -0.39 is 52.5 Å². The van der Waals surface area contributed by atoms with Crippen molar-refractivity contribution >= 4 is 35.2 Å². The van der Waals surface area contributed by atoms with Crippen molar-refractivity contribution in [3.63, 3.8) is 0 Å². The van der Waals surface area contributed by atoms with Crippen LogP contribution in [0.4, 0.5) is 11.5 Å². The van der Waals surface area contributed by atoms with Crippen LogP contribution in [0.1, 0.15) is 36.7 Å². The van der Waals surface area contributed by atoms with Gasteiger partial charge in [-0.25, -0.2) is 9.59 Å². The highest BCUT2D eigenvalue weighted by Gasteiger charge is 2.31. The molecule has 1 heterocycles. The Labute approximate surface area is 197 Å². The number of nitro groups is 1. The zero-order valence-corrected chi connectivity index (χ0v) is 19.4. The van der Waals surface area contributed by atoms with E-state index in [-0.39, 0.29) is 22.0 Å². The first kappa shape index (κ1) is 26.3. The zero-order valence-electron chi connectivity index (χ0n) is 18.6. The number of thioether (sulfide) groups is 1. The van der Waals surface area contributed by atoms with Gasteiger partial charge in [0.25, 0.3) is 0 Å². The molecule has 1 unspecified atom stereocenters. The number of carboxylic acids is 1. The molecule has 1 atom stereocenters. The van der Waals surface area contributed by atoms with Crippen LogP contribution in [-0.4, -0.2) is 61.5 Å². The summed E-state index contributed by atoms with van der Waals surface area (Å²) in [4.78, 5) is 42.8. The lowest BCUT2D eigenvalue weighted by Crippen LogP contribution is -2.33. The van der Waals surface area contributed by atoms with E-state index in [1.807, 2.05) is 6.07 Å². The van der Waals surface area contributed by atoms with Crippen molar-refractivity contribution in [2.45, 2.75) is 37.6 Å². The Morgan fingerprint density at radius 1 is 1.35 bits per heavy atom. The summed E-state index contributed by atoms with van der Waals surface area (Å²) in [6, 6.07) is 4.08. The molecule has 34 heavy (non-hydrogen) atoms. The van der Waals surface area contributed by atoms with Crippen LogP contribution < -0.4 is 10.1 Å². The Hall–Kier alpha value is -3.96. The van der Waals surface area contributed by atoms with Gasteiger partial charge in [-0.1, -0.05) is 11.8 Å². The highest BCUT2D eigenvalue weighted by atomic mass is 32.2. The van der Waals surface area contributed by atoms with Crippen molar-refractivity contribution in [1.29, 1.82) is 5.26 Å². The first-order valence-electron chi connectivity index (χ1n) is 9.56. The summed E-state index contributed by atoms with van der Waals surface area (Å²) in [6.07, 6.45) is 1.57. The van der Waals surface area contributed by atoms with Gasteiger partial charge in [-0.3, -0.25) is 10.1 Å². The molecule has 0 bridgehead atoms. The molecule has 0 amide bonds. The van der Waals surface area contributed by atoms with Crippen LogP contribution in [0, 0.1) is 21.4 Å². The maximum absolute atomic E-state index is 12.7. The lowest BCUT2D eigenvalue weighted by Gasteiger charge is -2.20. The molecule has 0 aliphatic rings. The van der Waals surface area contributed by atoms with Gasteiger partial charge in [-0.2, -0.15) is 15.2 Å². The molecule has 2 rings (SSSR count). The average molecular weight is 491 g/mol. The van der Waals surface area contributed by atoms with Gasteiger partial charge in [0.15, 0.2) is 5.16 Å². The Morgan fingerprint density at radius 3 is 2.53 bits per heavy atom. The second kappa shape index (κ2) is 10.8. The van der Waals surface area contributed by atoms with Crippen LogP contribution in [-0.2, 0) is 9.53 Å². The fourth-order valence-corrected chi connectivity index (χ4v) is 2.83. The number of carbonyl (C=O) groups excluding carboxylic acids is 1. The molecule has 0 aliphatic carbocycles. The number of ether oxygens (including phenoxy) is 2. The monoisotopic (exact) mass is 491 g/mol. The van der Waals surface area contributed by atoms with Gasteiger partial charge in [0.05, 0.1) is 23.2 Å². The molecule has 0 spiro atoms. The van der Waals surface area contributed by atoms with E-state index in [0.29, 0.717) is 0 Å². The minimum atomic E-state index is -1.60. The molecule has 0 saturated carbocycles. The van der Waals surface area contributed by atoms with E-state index in [2.05, 4.69) is 15.3 Å². The topological polar surface area (TPSA) is 198 Å². The third-order valence-electron chi connectivity index (χ3n) is 3.92. The number of esters is 1. The number of aliphatic hydroxyl groups is 1. The van der Waals surface area contributed by atoms with E-state index in [0.717, 1.165) is 11.8 Å². The van der Waals surface area contributed by atoms with Crippen LogP contribution in [0.3, 0.4) is 0 Å². The second-order valence-corrected chi connectivity index (χ2v) is 8.39. The summed E-state index contributed by atoms with van der Waals surface area (Å²) in [6.45, 7) is 4.06. The molecule has 0 fully saturated rings. The molecular formula is C20H21N5O8S. The maximum Gasteiger partial charge on any atom is 0.373 e. The molecule has 2 aromatic rings. The lowest BCUT2D eigenvalue weighted by molar-refractivity contribution is -0.385. The van der Waals surface area contributed by atoms with Gasteiger partial charge in [-0.05, 0) is 45.2 Å². The normalized spacial score (nSPS) is 11.8. The molecule has 1 aromatic carbocycles. The fraction of sp³-hybridized carbons (Fsp3) is 0.350. The summed E-state index contributed by atoms with van der Waals surface area (Å²) < 4.78 is 11.0. The number of nitriles is 1. The molecule has 13 nitrogen and oxygen atoms in total. The SMILES string of the molecule is CSc1nc(NC(CO)C(=O)O)c([N+](=O)[O-])c(Oc2cc(C#N)ccc2C(=O)OC(C)(C)C)n1. The van der Waals surface area contributed by atoms with Crippen molar-refractivity contribution < 1.29 is 34.2 Å². The van der Waals surface area contributed by atoms with E-state index in [4.69, 9.17) is 9.47 Å². The molecule has 180 valence electrons. The smallest absolute Gasteiger partial charge is 0.373 e. The number of aliphatic hydroxyl groups excluding tert-OH is 1. The standard InChI is InChI=1S/C20H21N5O8S/c1-20(2,3)33-18(29)11-6-5-10(8-21)7-13(11)32-16-14(25(30)31)15(23-19(24-16)34-4)22-12(9-26)17(27)28/h5-7,12,26H,9H2,1-4H3,(H,27,28)(H,22,23,24). The molecule has 0 radical (unpaired) electrons. The number of benzene rings is 1. The number of nitrogens with zero attached hydrogens (tertiary/aromatic N) is 4. The Morgan fingerprint density at radius 2 is 2.03 bits per heavy atom. The van der Waals surface area contributed by atoms with Crippen molar-refractivity contribution in [2.75, 3.05) is 18.2 Å². The summed E-state index contributed by atoms with van der Waals surface area (Å²) in [7, 11) is 0. The molecule has 0 saturated heterocycles. The Kier molecular flexibility index (Phi) is 8.33. The number of aliphatic carboxylic acids is 1. The molecule has 0 aliphatic heterocycles. The minimum Gasteiger partial charge on any atom is -0.480 e. The molecule has 1 aromatic heterocycles. The number of carbonyl (C=O) groups is 2. The number of carboxylic acid groups (broad SMARTS) is 1. The summed E-state index contributed by atoms with van der Waals surface area (Å²) in [5.41, 5.74) is -1.73. The largest absolute Gasteiger partial charge is 0.480 e. The molecule has 3 N–H and O–H groups in total. The summed E-state index contributed by atoms with van der Waals surface area (Å²) in [5, 5.41) is 41.8. The first-order valence-corrected chi connectivity index (χ1v) is 10.8. The number of anilines is 1. The highest BCUT2D eigenvalue weighted by molar-refractivity contribution is 7.98. The van der Waals surface area contributed by atoms with Gasteiger partial charge in [0.1, 0.15) is 23.0 Å². The van der Waals surface area contributed by atoms with Crippen LogP contribution >= 0.6 is 11.8 Å². The third-order valence-corrected chi connectivity index (χ3v) is 4.47. The second-order valence-electron chi connectivity index (χ2n) is 7.61. The fourth-order valence-electron chi connectivity index (χ4n) is 2.48.